The highest BCUT2D eigenvalue weighted by atomic mass is 79.9. The predicted molar refractivity (Wildman–Crippen MR) is 72.5 cm³/mol. The van der Waals surface area contributed by atoms with E-state index >= 15 is 0 Å². The smallest absolute Gasteiger partial charge is 0.0297 e. The van der Waals surface area contributed by atoms with Crippen LogP contribution in [0.3, 0.4) is 0 Å². The number of hydrogen-bond donors (Lipinski definition) is 1. The van der Waals surface area contributed by atoms with Gasteiger partial charge in [-0.05, 0) is 36.5 Å². The van der Waals surface area contributed by atoms with Crippen molar-refractivity contribution in [2.24, 2.45) is 11.7 Å². The second kappa shape index (κ2) is 6.51. The van der Waals surface area contributed by atoms with Crippen molar-refractivity contribution in [1.29, 1.82) is 0 Å². The van der Waals surface area contributed by atoms with Crippen LogP contribution < -0.4 is 5.73 Å². The van der Waals surface area contributed by atoms with Crippen LogP contribution in [0.1, 0.15) is 37.4 Å². The van der Waals surface area contributed by atoms with E-state index in [-0.39, 0.29) is 18.4 Å². The molecular formula is C12H19BrClN. The minimum Gasteiger partial charge on any atom is -0.324 e. The number of aryl methyl sites for hydroxylation is 1. The van der Waals surface area contributed by atoms with E-state index in [0.717, 1.165) is 10.9 Å². The van der Waals surface area contributed by atoms with Crippen molar-refractivity contribution < 1.29 is 0 Å². The highest BCUT2D eigenvalue weighted by molar-refractivity contribution is 9.10. The third-order valence-electron chi connectivity index (χ3n) is 2.35. The zero-order valence-electron chi connectivity index (χ0n) is 9.46. The third kappa shape index (κ3) is 4.54. The molecule has 0 saturated carbocycles. The molecule has 0 aliphatic heterocycles. The molecule has 86 valence electrons. The fourth-order valence-electron chi connectivity index (χ4n) is 1.48. The average molecular weight is 293 g/mol. The number of halogens is 2. The van der Waals surface area contributed by atoms with Crippen LogP contribution in [-0.2, 0) is 0 Å². The summed E-state index contributed by atoms with van der Waals surface area (Å²) in [6.07, 6.45) is 1.04. The highest BCUT2D eigenvalue weighted by Gasteiger charge is 2.08. The Hall–Kier alpha value is -0.0500. The Morgan fingerprint density at radius 2 is 1.93 bits per heavy atom. The first-order valence-electron chi connectivity index (χ1n) is 5.02. The van der Waals surface area contributed by atoms with Gasteiger partial charge < -0.3 is 5.73 Å². The van der Waals surface area contributed by atoms with Crippen LogP contribution in [0.4, 0.5) is 0 Å². The first-order valence-corrected chi connectivity index (χ1v) is 5.81. The van der Waals surface area contributed by atoms with E-state index in [9.17, 15) is 0 Å². The monoisotopic (exact) mass is 291 g/mol. The summed E-state index contributed by atoms with van der Waals surface area (Å²) < 4.78 is 1.15. The number of nitrogens with two attached hydrogens (primary N) is 1. The topological polar surface area (TPSA) is 26.0 Å². The Balaban J connectivity index is 0.00000196. The van der Waals surface area contributed by atoms with Gasteiger partial charge in [-0.25, -0.2) is 0 Å². The molecule has 0 radical (unpaired) electrons. The summed E-state index contributed by atoms with van der Waals surface area (Å²) in [4.78, 5) is 0. The Bertz CT molecular complexity index is 312. The van der Waals surface area contributed by atoms with Gasteiger partial charge in [-0.1, -0.05) is 41.9 Å². The lowest BCUT2D eigenvalue weighted by atomic mass is 9.97. The lowest BCUT2D eigenvalue weighted by Gasteiger charge is -2.15. The molecule has 0 aromatic heterocycles. The SMILES string of the molecule is Cc1ccc([C@@H](N)CC(C)C)cc1Br.Cl. The zero-order chi connectivity index (χ0) is 10.7. The summed E-state index contributed by atoms with van der Waals surface area (Å²) in [5.41, 5.74) is 8.57. The number of benzene rings is 1. The lowest BCUT2D eigenvalue weighted by Crippen LogP contribution is -2.12. The van der Waals surface area contributed by atoms with Crippen molar-refractivity contribution in [3.63, 3.8) is 0 Å². The lowest BCUT2D eigenvalue weighted by molar-refractivity contribution is 0.510. The molecule has 1 atom stereocenters. The van der Waals surface area contributed by atoms with E-state index in [4.69, 9.17) is 5.73 Å². The largest absolute Gasteiger partial charge is 0.324 e. The third-order valence-corrected chi connectivity index (χ3v) is 3.20. The van der Waals surface area contributed by atoms with Crippen molar-refractivity contribution in [1.82, 2.24) is 0 Å². The summed E-state index contributed by atoms with van der Waals surface area (Å²) in [6, 6.07) is 6.52. The Morgan fingerprint density at radius 1 is 1.33 bits per heavy atom. The molecule has 2 N–H and O–H groups in total. The van der Waals surface area contributed by atoms with Gasteiger partial charge >= 0.3 is 0 Å². The standard InChI is InChI=1S/C12H18BrN.ClH/c1-8(2)6-12(14)10-5-4-9(3)11(13)7-10;/h4-5,7-8,12H,6,14H2,1-3H3;1H/t12-;/m0./s1. The van der Waals surface area contributed by atoms with Gasteiger partial charge in [0.25, 0.3) is 0 Å². The maximum atomic E-state index is 6.09. The molecule has 1 aromatic carbocycles. The molecule has 0 aliphatic carbocycles. The van der Waals surface area contributed by atoms with Crippen LogP contribution >= 0.6 is 28.3 Å². The van der Waals surface area contributed by atoms with Crippen LogP contribution in [0, 0.1) is 12.8 Å². The molecule has 1 aromatic rings. The second-order valence-corrected chi connectivity index (χ2v) is 5.10. The van der Waals surface area contributed by atoms with Crippen molar-refractivity contribution in [2.45, 2.75) is 33.2 Å². The van der Waals surface area contributed by atoms with E-state index in [1.54, 1.807) is 0 Å². The number of hydrogen-bond acceptors (Lipinski definition) is 1. The van der Waals surface area contributed by atoms with Crippen LogP contribution in [0.25, 0.3) is 0 Å². The van der Waals surface area contributed by atoms with Crippen molar-refractivity contribution in [2.75, 3.05) is 0 Å². The van der Waals surface area contributed by atoms with Crippen LogP contribution in [-0.4, -0.2) is 0 Å². The molecule has 0 amide bonds. The van der Waals surface area contributed by atoms with Gasteiger partial charge in [-0.15, -0.1) is 12.4 Å². The first kappa shape index (κ1) is 14.9. The first-order chi connectivity index (χ1) is 6.50. The van der Waals surface area contributed by atoms with E-state index in [1.807, 2.05) is 0 Å². The van der Waals surface area contributed by atoms with Crippen molar-refractivity contribution >= 4 is 28.3 Å². The van der Waals surface area contributed by atoms with Crippen LogP contribution in [0.2, 0.25) is 0 Å². The second-order valence-electron chi connectivity index (χ2n) is 4.24. The van der Waals surface area contributed by atoms with Gasteiger partial charge in [0.1, 0.15) is 0 Å². The Labute approximate surface area is 107 Å². The van der Waals surface area contributed by atoms with Crippen LogP contribution in [0.5, 0.6) is 0 Å². The quantitative estimate of drug-likeness (QED) is 0.886. The molecule has 0 aliphatic rings. The molecule has 0 saturated heterocycles. The molecule has 3 heteroatoms. The van der Waals surface area contributed by atoms with Gasteiger partial charge in [0.2, 0.25) is 0 Å². The summed E-state index contributed by atoms with van der Waals surface area (Å²) in [5.74, 6) is 0.644. The normalized spacial score (nSPS) is 12.4. The number of rotatable bonds is 3. The fraction of sp³-hybridized carbons (Fsp3) is 0.500. The Morgan fingerprint density at radius 3 is 2.40 bits per heavy atom. The molecule has 0 bridgehead atoms. The molecular weight excluding hydrogens is 273 g/mol. The van der Waals surface area contributed by atoms with Crippen molar-refractivity contribution in [3.05, 3.63) is 33.8 Å². The van der Waals surface area contributed by atoms with Gasteiger partial charge in [0.05, 0.1) is 0 Å². The van der Waals surface area contributed by atoms with Crippen LogP contribution in [0.15, 0.2) is 22.7 Å². The minimum atomic E-state index is 0. The summed E-state index contributed by atoms with van der Waals surface area (Å²) in [5, 5.41) is 0. The molecule has 1 rings (SSSR count). The maximum absolute atomic E-state index is 6.09. The zero-order valence-corrected chi connectivity index (χ0v) is 11.9. The van der Waals surface area contributed by atoms with Gasteiger partial charge in [0.15, 0.2) is 0 Å². The molecule has 0 unspecified atom stereocenters. The maximum Gasteiger partial charge on any atom is 0.0297 e. The molecule has 0 fully saturated rings. The summed E-state index contributed by atoms with van der Waals surface area (Å²) in [6.45, 7) is 6.48. The van der Waals surface area contributed by atoms with Gasteiger partial charge in [-0.2, -0.15) is 0 Å². The van der Waals surface area contributed by atoms with Gasteiger partial charge in [-0.3, -0.25) is 0 Å². The van der Waals surface area contributed by atoms with E-state index in [1.165, 1.54) is 11.1 Å². The molecule has 15 heavy (non-hydrogen) atoms. The predicted octanol–water partition coefficient (Wildman–Crippen LogP) is 4.23. The summed E-state index contributed by atoms with van der Waals surface area (Å²) in [7, 11) is 0. The highest BCUT2D eigenvalue weighted by Crippen LogP contribution is 2.24. The molecule has 0 heterocycles. The summed E-state index contributed by atoms with van der Waals surface area (Å²) >= 11 is 3.53. The van der Waals surface area contributed by atoms with Crippen molar-refractivity contribution in [3.8, 4) is 0 Å². The average Bonchev–Trinajstić information content (AvgIpc) is 2.08. The fourth-order valence-corrected chi connectivity index (χ4v) is 1.88. The minimum absolute atomic E-state index is 0. The Kier molecular flexibility index (Phi) is 6.49. The van der Waals surface area contributed by atoms with E-state index in [0.29, 0.717) is 5.92 Å². The van der Waals surface area contributed by atoms with E-state index < -0.39 is 0 Å². The molecule has 1 nitrogen and oxygen atoms in total. The van der Waals surface area contributed by atoms with E-state index in [2.05, 4.69) is 54.9 Å². The molecule has 0 spiro atoms. The van der Waals surface area contributed by atoms with Gasteiger partial charge in [0, 0.05) is 10.5 Å².